The number of ether oxygens (including phenoxy) is 2. The van der Waals surface area contributed by atoms with Crippen LogP contribution in [0.1, 0.15) is 27.0 Å². The molecule has 4 rings (SSSR count). The van der Waals surface area contributed by atoms with Crippen molar-refractivity contribution in [3.05, 3.63) is 130 Å². The van der Waals surface area contributed by atoms with Crippen LogP contribution in [0, 0.1) is 0 Å². The van der Waals surface area contributed by atoms with Crippen LogP contribution in [-0.2, 0) is 11.3 Å². The second-order valence-electron chi connectivity index (χ2n) is 7.42. The van der Waals surface area contributed by atoms with Gasteiger partial charge in [-0.1, -0.05) is 84.4 Å². The van der Waals surface area contributed by atoms with Crippen molar-refractivity contribution in [2.24, 2.45) is 4.99 Å². The number of nitrogens with zero attached hydrogens (tertiary/aromatic N) is 1. The van der Waals surface area contributed by atoms with Crippen molar-refractivity contribution >= 4 is 34.7 Å². The van der Waals surface area contributed by atoms with E-state index in [-0.39, 0.29) is 12.2 Å². The summed E-state index contributed by atoms with van der Waals surface area (Å²) in [5, 5.41) is 0.422. The van der Waals surface area contributed by atoms with E-state index in [2.05, 4.69) is 10.9 Å². The summed E-state index contributed by atoms with van der Waals surface area (Å²) in [5.41, 5.74) is 4.29. The maximum Gasteiger partial charge on any atom is 0.340 e. The number of aliphatic imine (C=N–C) groups is 1. The SMILES string of the molecule is COc1ccc(COC(=O)c2cc(Cl)ccc2N=C=C(c2ccccc2)c2ccccc2)cc1. The topological polar surface area (TPSA) is 47.9 Å². The quantitative estimate of drug-likeness (QED) is 0.214. The van der Waals surface area contributed by atoms with Gasteiger partial charge in [-0.25, -0.2) is 9.79 Å². The molecule has 0 radical (unpaired) electrons. The average molecular weight is 468 g/mol. The van der Waals surface area contributed by atoms with Crippen LogP contribution in [0.15, 0.2) is 108 Å². The van der Waals surface area contributed by atoms with Crippen molar-refractivity contribution in [2.75, 3.05) is 7.11 Å². The van der Waals surface area contributed by atoms with Gasteiger partial charge in [-0.05, 0) is 52.9 Å². The minimum Gasteiger partial charge on any atom is -0.497 e. The van der Waals surface area contributed by atoms with E-state index < -0.39 is 5.97 Å². The third-order valence-electron chi connectivity index (χ3n) is 5.12. The van der Waals surface area contributed by atoms with Gasteiger partial charge in [0, 0.05) is 5.02 Å². The lowest BCUT2D eigenvalue weighted by atomic mass is 9.99. The minimum absolute atomic E-state index is 0.119. The van der Waals surface area contributed by atoms with Gasteiger partial charge in [-0.3, -0.25) is 0 Å². The Kier molecular flexibility index (Phi) is 7.56. The largest absolute Gasteiger partial charge is 0.497 e. The standard InChI is InChI=1S/C29H22ClNO3/c1-33-25-15-12-21(13-16-25)20-34-29(32)26-18-24(30)14-17-28(26)31-19-27(22-8-4-2-5-9-22)23-10-6-3-7-11-23/h2-18H,20H2,1H3. The molecule has 0 aliphatic heterocycles. The third-order valence-corrected chi connectivity index (χ3v) is 5.36. The van der Waals surface area contributed by atoms with Crippen molar-refractivity contribution in [1.29, 1.82) is 0 Å². The Morgan fingerprint density at radius 2 is 1.47 bits per heavy atom. The van der Waals surface area contributed by atoms with E-state index in [0.717, 1.165) is 28.0 Å². The van der Waals surface area contributed by atoms with E-state index in [4.69, 9.17) is 21.1 Å². The highest BCUT2D eigenvalue weighted by atomic mass is 35.5. The van der Waals surface area contributed by atoms with E-state index in [1.165, 1.54) is 0 Å². The molecule has 0 aliphatic carbocycles. The Labute approximate surface area is 203 Å². The molecule has 0 spiro atoms. The maximum absolute atomic E-state index is 12.9. The van der Waals surface area contributed by atoms with Crippen LogP contribution < -0.4 is 4.74 Å². The predicted octanol–water partition coefficient (Wildman–Crippen LogP) is 7.14. The summed E-state index contributed by atoms with van der Waals surface area (Å²) >= 11 is 6.18. The van der Waals surface area contributed by atoms with Crippen molar-refractivity contribution < 1.29 is 14.3 Å². The van der Waals surface area contributed by atoms with Gasteiger partial charge < -0.3 is 9.47 Å². The molecule has 0 bridgehead atoms. The van der Waals surface area contributed by atoms with Crippen LogP contribution in [0.3, 0.4) is 0 Å². The highest BCUT2D eigenvalue weighted by molar-refractivity contribution is 6.31. The van der Waals surface area contributed by atoms with Crippen LogP contribution in [-0.4, -0.2) is 18.9 Å². The molecular formula is C29H22ClNO3. The van der Waals surface area contributed by atoms with Gasteiger partial charge in [0.25, 0.3) is 0 Å². The molecule has 0 amide bonds. The summed E-state index contributed by atoms with van der Waals surface area (Å²) in [6.45, 7) is 0.119. The monoisotopic (exact) mass is 467 g/mol. The van der Waals surface area contributed by atoms with Gasteiger partial charge in [0.05, 0.1) is 23.9 Å². The number of methoxy groups -OCH3 is 1. The van der Waals surface area contributed by atoms with Gasteiger partial charge in [0.15, 0.2) is 0 Å². The summed E-state index contributed by atoms with van der Waals surface area (Å²) in [6, 6.07) is 32.0. The van der Waals surface area contributed by atoms with Crippen molar-refractivity contribution in [1.82, 2.24) is 0 Å². The minimum atomic E-state index is -0.514. The summed E-state index contributed by atoms with van der Waals surface area (Å²) in [4.78, 5) is 17.4. The van der Waals surface area contributed by atoms with E-state index in [1.807, 2.05) is 84.9 Å². The Hall–Kier alpha value is -4.11. The lowest BCUT2D eigenvalue weighted by molar-refractivity contribution is 0.0473. The molecule has 0 fully saturated rings. The maximum atomic E-state index is 12.9. The van der Waals surface area contributed by atoms with Gasteiger partial charge in [0.1, 0.15) is 12.4 Å². The van der Waals surface area contributed by atoms with Crippen molar-refractivity contribution in [3.8, 4) is 5.75 Å². The summed E-state index contributed by atoms with van der Waals surface area (Å²) in [6.07, 6.45) is 0. The first-order valence-corrected chi connectivity index (χ1v) is 11.1. The zero-order chi connectivity index (χ0) is 23.8. The molecule has 0 aromatic heterocycles. The Morgan fingerprint density at radius 3 is 2.06 bits per heavy atom. The highest BCUT2D eigenvalue weighted by Crippen LogP contribution is 2.26. The molecule has 0 saturated carbocycles. The first kappa shape index (κ1) is 23.1. The molecule has 0 N–H and O–H groups in total. The molecule has 34 heavy (non-hydrogen) atoms. The average Bonchev–Trinajstić information content (AvgIpc) is 2.89. The molecule has 4 aromatic rings. The van der Waals surface area contributed by atoms with Gasteiger partial charge in [-0.15, -0.1) is 0 Å². The number of hydrogen-bond donors (Lipinski definition) is 0. The van der Waals surface area contributed by atoms with E-state index in [9.17, 15) is 4.79 Å². The number of carbonyl (C=O) groups excluding carboxylic acids is 1. The smallest absolute Gasteiger partial charge is 0.340 e. The lowest BCUT2D eigenvalue weighted by Gasteiger charge is -2.08. The first-order valence-electron chi connectivity index (χ1n) is 10.7. The molecular weight excluding hydrogens is 446 g/mol. The fourth-order valence-electron chi connectivity index (χ4n) is 3.34. The number of halogens is 1. The number of esters is 1. The van der Waals surface area contributed by atoms with Crippen LogP contribution >= 0.6 is 11.6 Å². The van der Waals surface area contributed by atoms with E-state index in [1.54, 1.807) is 25.3 Å². The Morgan fingerprint density at radius 1 is 0.853 bits per heavy atom. The normalized spacial score (nSPS) is 10.2. The molecule has 5 heteroatoms. The first-order chi connectivity index (χ1) is 16.6. The van der Waals surface area contributed by atoms with Crippen LogP contribution in [0.4, 0.5) is 5.69 Å². The molecule has 168 valence electrons. The molecule has 0 atom stereocenters. The van der Waals surface area contributed by atoms with E-state index >= 15 is 0 Å². The molecule has 0 saturated heterocycles. The second-order valence-corrected chi connectivity index (χ2v) is 7.85. The van der Waals surface area contributed by atoms with Gasteiger partial charge in [0.2, 0.25) is 0 Å². The summed E-state index contributed by atoms with van der Waals surface area (Å²) < 4.78 is 10.7. The molecule has 4 aromatic carbocycles. The summed E-state index contributed by atoms with van der Waals surface area (Å²) in [5.74, 6) is 3.37. The molecule has 0 aliphatic rings. The van der Waals surface area contributed by atoms with Crippen molar-refractivity contribution in [2.45, 2.75) is 6.61 Å². The van der Waals surface area contributed by atoms with Crippen LogP contribution in [0.5, 0.6) is 5.75 Å². The predicted molar refractivity (Wildman–Crippen MR) is 136 cm³/mol. The summed E-state index contributed by atoms with van der Waals surface area (Å²) in [7, 11) is 1.60. The zero-order valence-electron chi connectivity index (χ0n) is 18.6. The fourth-order valence-corrected chi connectivity index (χ4v) is 3.51. The zero-order valence-corrected chi connectivity index (χ0v) is 19.3. The highest BCUT2D eigenvalue weighted by Gasteiger charge is 2.14. The fraction of sp³-hybridized carbons (Fsp3) is 0.0690. The van der Waals surface area contributed by atoms with Crippen LogP contribution in [0.25, 0.3) is 5.57 Å². The number of hydrogen-bond acceptors (Lipinski definition) is 4. The van der Waals surface area contributed by atoms with Crippen molar-refractivity contribution in [3.63, 3.8) is 0 Å². The Bertz CT molecular complexity index is 1290. The number of rotatable bonds is 7. The molecule has 4 nitrogen and oxygen atoms in total. The van der Waals surface area contributed by atoms with Crippen LogP contribution in [0.2, 0.25) is 5.02 Å². The lowest BCUT2D eigenvalue weighted by Crippen LogP contribution is -2.05. The van der Waals surface area contributed by atoms with E-state index in [0.29, 0.717) is 10.7 Å². The molecule has 0 heterocycles. The van der Waals surface area contributed by atoms with Gasteiger partial charge >= 0.3 is 5.97 Å². The second kappa shape index (κ2) is 11.2. The number of carbonyl (C=O) groups is 1. The molecule has 0 unspecified atom stereocenters. The Balaban J connectivity index is 1.66. The van der Waals surface area contributed by atoms with Gasteiger partial charge in [-0.2, -0.15) is 0 Å². The third kappa shape index (κ3) is 5.81. The number of benzene rings is 4.